The highest BCUT2D eigenvalue weighted by atomic mass is 35.5. The number of H-pyrrole nitrogens is 1. The number of hydrogen-bond acceptors (Lipinski definition) is 10. The standard InChI is InChI=1S/C23H28ClN4O9P/c1-14(2)35-20(31)15(3)27-38(33,37-16-7-5-4-6-8-16)34-13-17-19(30)23(25,10-11-24)21(36-17)28-12-9-18(29)26-22(28)32/h4-9,12,14-15,17,19,21,30H,13,25H2,1-3H3,(H,27,33)(H,26,29,32)/t15-,17+,19-,21+,23?,38?/m0/s1. The van der Waals surface area contributed by atoms with Gasteiger partial charge in [-0.05, 0) is 44.5 Å². The van der Waals surface area contributed by atoms with Gasteiger partial charge in [0.25, 0.3) is 5.56 Å². The van der Waals surface area contributed by atoms with E-state index in [1.807, 2.05) is 0 Å². The summed E-state index contributed by atoms with van der Waals surface area (Å²) in [5.74, 6) is 1.89. The van der Waals surface area contributed by atoms with Crippen molar-refractivity contribution in [3.05, 3.63) is 63.4 Å². The third-order valence-electron chi connectivity index (χ3n) is 5.36. The molecular weight excluding hydrogens is 543 g/mol. The lowest BCUT2D eigenvalue weighted by molar-refractivity contribution is -0.149. The lowest BCUT2D eigenvalue weighted by atomic mass is 9.92. The Kier molecular flexibility index (Phi) is 9.56. The molecule has 2 aromatic rings. The first kappa shape index (κ1) is 29.6. The zero-order valence-electron chi connectivity index (χ0n) is 20.7. The predicted octanol–water partition coefficient (Wildman–Crippen LogP) is 0.826. The molecule has 1 aliphatic rings. The molecule has 2 heterocycles. The zero-order valence-corrected chi connectivity index (χ0v) is 22.3. The third kappa shape index (κ3) is 6.92. The Morgan fingerprint density at radius 2 is 2.00 bits per heavy atom. The quantitative estimate of drug-likeness (QED) is 0.180. The van der Waals surface area contributed by atoms with Gasteiger partial charge in [0.1, 0.15) is 24.0 Å². The van der Waals surface area contributed by atoms with Crippen molar-refractivity contribution in [2.75, 3.05) is 6.61 Å². The largest absolute Gasteiger partial charge is 0.462 e. The van der Waals surface area contributed by atoms with E-state index in [1.54, 1.807) is 32.0 Å². The summed E-state index contributed by atoms with van der Waals surface area (Å²) in [6.07, 6.45) is -3.62. The number of aliphatic hydroxyl groups excluding tert-OH is 1. The van der Waals surface area contributed by atoms with Crippen LogP contribution in [0.15, 0.2) is 52.2 Å². The van der Waals surface area contributed by atoms with Crippen LogP contribution in [0.3, 0.4) is 0 Å². The molecule has 0 aliphatic carbocycles. The summed E-state index contributed by atoms with van der Waals surface area (Å²) in [6.45, 7) is 4.15. The number of ether oxygens (including phenoxy) is 2. The first-order valence-electron chi connectivity index (χ1n) is 11.4. The van der Waals surface area contributed by atoms with Gasteiger partial charge in [-0.2, -0.15) is 5.09 Å². The smallest absolute Gasteiger partial charge is 0.459 e. The number of nitrogens with zero attached hydrogens (tertiary/aromatic N) is 1. The van der Waals surface area contributed by atoms with Gasteiger partial charge in [-0.3, -0.25) is 23.7 Å². The number of rotatable bonds is 10. The van der Waals surface area contributed by atoms with E-state index in [-0.39, 0.29) is 5.75 Å². The van der Waals surface area contributed by atoms with E-state index in [0.29, 0.717) is 0 Å². The second kappa shape index (κ2) is 12.3. The molecule has 3 rings (SSSR count). The highest BCUT2D eigenvalue weighted by molar-refractivity contribution is 7.52. The number of nitrogens with one attached hydrogen (secondary N) is 2. The van der Waals surface area contributed by atoms with Crippen molar-refractivity contribution in [1.82, 2.24) is 14.6 Å². The Balaban J connectivity index is 1.86. The number of esters is 1. The number of nitrogens with two attached hydrogens (primary N) is 1. The summed E-state index contributed by atoms with van der Waals surface area (Å²) in [5.41, 5.74) is 2.84. The second-order valence-electron chi connectivity index (χ2n) is 8.68. The molecule has 206 valence electrons. The molecule has 1 saturated heterocycles. The zero-order chi connectivity index (χ0) is 28.1. The van der Waals surface area contributed by atoms with E-state index in [2.05, 4.69) is 21.4 Å². The van der Waals surface area contributed by atoms with Crippen LogP contribution < -0.4 is 26.6 Å². The predicted molar refractivity (Wildman–Crippen MR) is 136 cm³/mol. The Labute approximate surface area is 222 Å². The molecule has 15 heteroatoms. The second-order valence-corrected chi connectivity index (χ2v) is 10.6. The van der Waals surface area contributed by atoms with Crippen LogP contribution in [0, 0.1) is 11.3 Å². The van der Waals surface area contributed by atoms with E-state index >= 15 is 0 Å². The van der Waals surface area contributed by atoms with E-state index in [4.69, 9.17) is 35.9 Å². The van der Waals surface area contributed by atoms with Gasteiger partial charge in [0.05, 0.1) is 12.7 Å². The van der Waals surface area contributed by atoms with E-state index in [0.717, 1.165) is 16.8 Å². The van der Waals surface area contributed by atoms with Crippen LogP contribution in [-0.4, -0.2) is 57.1 Å². The van der Waals surface area contributed by atoms with Crippen molar-refractivity contribution in [3.8, 4) is 17.0 Å². The number of aliphatic hydroxyl groups is 1. The molecule has 6 atom stereocenters. The van der Waals surface area contributed by atoms with Crippen LogP contribution in [0.5, 0.6) is 5.75 Å². The molecule has 2 unspecified atom stereocenters. The minimum absolute atomic E-state index is 0.166. The van der Waals surface area contributed by atoms with Crippen LogP contribution in [0.1, 0.15) is 27.0 Å². The van der Waals surface area contributed by atoms with Crippen LogP contribution in [-0.2, 0) is 23.4 Å². The van der Waals surface area contributed by atoms with E-state index < -0.39 is 67.7 Å². The van der Waals surface area contributed by atoms with Gasteiger partial charge < -0.3 is 24.8 Å². The summed E-state index contributed by atoms with van der Waals surface area (Å²) in [7, 11) is -4.30. The van der Waals surface area contributed by atoms with Crippen molar-refractivity contribution in [2.45, 2.75) is 56.9 Å². The molecule has 0 amide bonds. The summed E-state index contributed by atoms with van der Waals surface area (Å²) >= 11 is 5.56. The Morgan fingerprint density at radius 3 is 2.61 bits per heavy atom. The number of halogens is 1. The van der Waals surface area contributed by atoms with E-state index in [9.17, 15) is 24.1 Å². The Morgan fingerprint density at radius 1 is 1.32 bits per heavy atom. The van der Waals surface area contributed by atoms with E-state index in [1.165, 1.54) is 19.1 Å². The van der Waals surface area contributed by atoms with Crippen LogP contribution in [0.2, 0.25) is 0 Å². The number of aromatic amines is 1. The highest BCUT2D eigenvalue weighted by Gasteiger charge is 2.55. The number of para-hydroxylation sites is 1. The Hall–Kier alpha value is -2.95. The first-order chi connectivity index (χ1) is 17.9. The fraction of sp³-hybridized carbons (Fsp3) is 0.435. The molecule has 5 N–H and O–H groups in total. The molecule has 1 aromatic carbocycles. The van der Waals surface area contributed by atoms with Gasteiger partial charge in [-0.15, -0.1) is 0 Å². The number of carbonyl (C=O) groups is 1. The van der Waals surface area contributed by atoms with Gasteiger partial charge >= 0.3 is 19.4 Å². The fourth-order valence-electron chi connectivity index (χ4n) is 3.57. The monoisotopic (exact) mass is 570 g/mol. The van der Waals surface area contributed by atoms with Gasteiger partial charge in [0, 0.05) is 17.6 Å². The van der Waals surface area contributed by atoms with Crippen molar-refractivity contribution in [1.29, 1.82) is 0 Å². The van der Waals surface area contributed by atoms with Gasteiger partial charge in [-0.1, -0.05) is 24.1 Å². The molecule has 1 aromatic heterocycles. The molecule has 1 aliphatic heterocycles. The SMILES string of the molecule is CC(C)OC(=O)[C@H](C)NP(=O)(OC[C@H]1O[C@@H](n2ccc(=O)[nH]c2=O)C(N)(C#CCl)[C@H]1O)Oc1ccccc1. The van der Waals surface area contributed by atoms with Crippen molar-refractivity contribution < 1.29 is 33.0 Å². The number of carbonyl (C=O) groups excluding carboxylic acids is 1. The number of benzene rings is 1. The summed E-state index contributed by atoms with van der Waals surface area (Å²) in [4.78, 5) is 38.2. The molecule has 0 radical (unpaired) electrons. The summed E-state index contributed by atoms with van der Waals surface area (Å²) in [6, 6.07) is 7.99. The maximum Gasteiger partial charge on any atom is 0.459 e. The maximum absolute atomic E-state index is 13.7. The van der Waals surface area contributed by atoms with Crippen molar-refractivity contribution >= 4 is 25.3 Å². The molecule has 13 nitrogen and oxygen atoms in total. The molecular formula is C23H28ClN4O9P. The van der Waals surface area contributed by atoms with Gasteiger partial charge in [0.2, 0.25) is 0 Å². The average molecular weight is 571 g/mol. The summed E-state index contributed by atoms with van der Waals surface area (Å²) in [5, 5.41) is 15.6. The van der Waals surface area contributed by atoms with Gasteiger partial charge in [-0.25, -0.2) is 9.36 Å². The minimum atomic E-state index is -4.30. The molecule has 1 fully saturated rings. The van der Waals surface area contributed by atoms with Crippen LogP contribution >= 0.6 is 19.3 Å². The average Bonchev–Trinajstić information content (AvgIpc) is 3.08. The maximum atomic E-state index is 13.7. The first-order valence-corrected chi connectivity index (χ1v) is 13.3. The topological polar surface area (TPSA) is 184 Å². The molecule has 38 heavy (non-hydrogen) atoms. The van der Waals surface area contributed by atoms with Crippen LogP contribution in [0.4, 0.5) is 0 Å². The minimum Gasteiger partial charge on any atom is -0.462 e. The van der Waals surface area contributed by atoms with Crippen LogP contribution in [0.25, 0.3) is 0 Å². The third-order valence-corrected chi connectivity index (χ3v) is 7.09. The van der Waals surface area contributed by atoms with Gasteiger partial charge in [0.15, 0.2) is 11.8 Å². The Bertz CT molecular complexity index is 1360. The number of hydrogen-bond donors (Lipinski definition) is 4. The molecule has 0 spiro atoms. The number of aromatic nitrogens is 2. The fourth-order valence-corrected chi connectivity index (χ4v) is 5.23. The normalized spacial score (nSPS) is 25.2. The lowest BCUT2D eigenvalue weighted by Crippen LogP contribution is -2.55. The molecule has 0 bridgehead atoms. The van der Waals surface area contributed by atoms with Crippen molar-refractivity contribution in [3.63, 3.8) is 0 Å². The highest BCUT2D eigenvalue weighted by Crippen LogP contribution is 2.46. The summed E-state index contributed by atoms with van der Waals surface area (Å²) < 4.78 is 36.7. The van der Waals surface area contributed by atoms with Crippen molar-refractivity contribution in [2.24, 2.45) is 5.73 Å². The lowest BCUT2D eigenvalue weighted by Gasteiger charge is -2.27. The molecule has 0 saturated carbocycles.